The van der Waals surface area contributed by atoms with E-state index in [0.717, 1.165) is 12.8 Å². The second-order valence-electron chi connectivity index (χ2n) is 6.94. The smallest absolute Gasteiger partial charge is 0.0590 e. The molecule has 0 radical (unpaired) electrons. The van der Waals surface area contributed by atoms with Crippen molar-refractivity contribution in [3.8, 4) is 0 Å². The van der Waals surface area contributed by atoms with Crippen LogP contribution in [0.25, 0.3) is 0 Å². The van der Waals surface area contributed by atoms with Crippen LogP contribution in [0.15, 0.2) is 24.3 Å². The topological polar surface area (TPSA) is 52.5 Å². The van der Waals surface area contributed by atoms with Gasteiger partial charge in [-0.15, -0.1) is 0 Å². The lowest BCUT2D eigenvalue weighted by Gasteiger charge is -2.17. The minimum atomic E-state index is 0.0663. The molecule has 23 heavy (non-hydrogen) atoms. The maximum Gasteiger partial charge on any atom is 0.0590 e. The van der Waals surface area contributed by atoms with E-state index >= 15 is 0 Å². The van der Waals surface area contributed by atoms with Gasteiger partial charge in [0.15, 0.2) is 0 Å². The largest absolute Gasteiger partial charge is 0.395 e. The summed E-state index contributed by atoms with van der Waals surface area (Å²) in [6.07, 6.45) is 10.1. The van der Waals surface area contributed by atoms with E-state index in [2.05, 4.69) is 36.5 Å². The fraction of sp³-hybridized carbons (Fsp3) is 0.700. The van der Waals surface area contributed by atoms with E-state index in [1.165, 1.54) is 49.7 Å². The van der Waals surface area contributed by atoms with Crippen LogP contribution < -0.4 is 5.32 Å². The summed E-state index contributed by atoms with van der Waals surface area (Å²) in [6, 6.07) is 9.07. The number of nitrogens with one attached hydrogen (secondary N) is 1. The van der Waals surface area contributed by atoms with Crippen LogP contribution in [0.3, 0.4) is 0 Å². The Morgan fingerprint density at radius 2 is 1.65 bits per heavy atom. The van der Waals surface area contributed by atoms with E-state index in [4.69, 9.17) is 0 Å². The first-order valence-corrected chi connectivity index (χ1v) is 9.35. The minimum Gasteiger partial charge on any atom is -0.395 e. The van der Waals surface area contributed by atoms with Gasteiger partial charge in [-0.25, -0.2) is 0 Å². The van der Waals surface area contributed by atoms with Gasteiger partial charge in [0.2, 0.25) is 0 Å². The summed E-state index contributed by atoms with van der Waals surface area (Å²) >= 11 is 0. The highest BCUT2D eigenvalue weighted by molar-refractivity contribution is 5.28. The normalized spacial score (nSPS) is 24.2. The van der Waals surface area contributed by atoms with Crippen molar-refractivity contribution in [3.63, 3.8) is 0 Å². The first kappa shape index (κ1) is 18.4. The van der Waals surface area contributed by atoms with E-state index in [1.807, 2.05) is 0 Å². The molecule has 0 saturated carbocycles. The number of rotatable bonds is 10. The zero-order valence-corrected chi connectivity index (χ0v) is 14.5. The third-order valence-electron chi connectivity index (χ3n) is 5.12. The van der Waals surface area contributed by atoms with Gasteiger partial charge in [0, 0.05) is 18.0 Å². The molecule has 3 N–H and O–H groups in total. The number of aliphatic hydroxyl groups excluding tert-OH is 2. The summed E-state index contributed by atoms with van der Waals surface area (Å²) in [5, 5.41) is 22.2. The molecule has 2 rings (SSSR count). The zero-order chi connectivity index (χ0) is 16.5. The molecule has 3 nitrogen and oxygen atoms in total. The number of unbranched alkanes of at least 4 members (excludes halogenated alkanes) is 5. The SMILES string of the molecule is CCCCCCCCc1ccc([C@@H]2C[C@@H](CO)N[C@H]2CO)cc1. The Morgan fingerprint density at radius 3 is 2.30 bits per heavy atom. The third kappa shape index (κ3) is 5.59. The monoisotopic (exact) mass is 319 g/mol. The van der Waals surface area contributed by atoms with Crippen molar-refractivity contribution < 1.29 is 10.2 Å². The molecule has 1 saturated heterocycles. The maximum absolute atomic E-state index is 9.53. The highest BCUT2D eigenvalue weighted by Crippen LogP contribution is 2.31. The second kappa shape index (κ2) is 10.1. The van der Waals surface area contributed by atoms with Gasteiger partial charge >= 0.3 is 0 Å². The third-order valence-corrected chi connectivity index (χ3v) is 5.12. The molecule has 0 unspecified atom stereocenters. The second-order valence-corrected chi connectivity index (χ2v) is 6.94. The molecule has 1 aromatic rings. The van der Waals surface area contributed by atoms with Crippen molar-refractivity contribution in [3.05, 3.63) is 35.4 Å². The van der Waals surface area contributed by atoms with Crippen LogP contribution in [0.5, 0.6) is 0 Å². The molecule has 1 aliphatic heterocycles. The van der Waals surface area contributed by atoms with Gasteiger partial charge in [0.1, 0.15) is 0 Å². The number of benzene rings is 1. The van der Waals surface area contributed by atoms with Crippen molar-refractivity contribution in [2.75, 3.05) is 13.2 Å². The van der Waals surface area contributed by atoms with E-state index < -0.39 is 0 Å². The minimum absolute atomic E-state index is 0.0663. The average Bonchev–Trinajstić information content (AvgIpc) is 3.02. The van der Waals surface area contributed by atoms with Gasteiger partial charge in [0.25, 0.3) is 0 Å². The molecule has 0 aliphatic carbocycles. The molecule has 0 amide bonds. The van der Waals surface area contributed by atoms with Crippen molar-refractivity contribution in [2.24, 2.45) is 0 Å². The standard InChI is InChI=1S/C20H33NO2/c1-2-3-4-5-6-7-8-16-9-11-17(12-10-16)19-13-18(14-22)21-20(19)15-23/h9-12,18-23H,2-8,13-15H2,1H3/t18-,19-,20-/m0/s1. The number of hydrogen-bond acceptors (Lipinski definition) is 3. The number of aryl methyl sites for hydroxylation is 1. The van der Waals surface area contributed by atoms with Gasteiger partial charge in [-0.1, -0.05) is 63.3 Å². The van der Waals surface area contributed by atoms with Crippen molar-refractivity contribution in [1.29, 1.82) is 0 Å². The van der Waals surface area contributed by atoms with Crippen LogP contribution in [-0.4, -0.2) is 35.5 Å². The average molecular weight is 319 g/mol. The number of hydrogen-bond donors (Lipinski definition) is 3. The van der Waals surface area contributed by atoms with Crippen LogP contribution in [0.1, 0.15) is 68.9 Å². The van der Waals surface area contributed by atoms with Crippen LogP contribution in [0, 0.1) is 0 Å². The Hall–Kier alpha value is -0.900. The summed E-state index contributed by atoms with van der Waals surface area (Å²) in [4.78, 5) is 0. The fourth-order valence-corrected chi connectivity index (χ4v) is 3.67. The van der Waals surface area contributed by atoms with Crippen molar-refractivity contribution >= 4 is 0 Å². The lowest BCUT2D eigenvalue weighted by Crippen LogP contribution is -2.35. The lowest BCUT2D eigenvalue weighted by molar-refractivity contribution is 0.224. The molecule has 1 aliphatic rings. The predicted molar refractivity (Wildman–Crippen MR) is 95.8 cm³/mol. The summed E-state index contributed by atoms with van der Waals surface area (Å²) in [6.45, 7) is 2.52. The van der Waals surface area contributed by atoms with Crippen molar-refractivity contribution in [2.45, 2.75) is 76.3 Å². The van der Waals surface area contributed by atoms with Gasteiger partial charge in [-0.3, -0.25) is 0 Å². The Kier molecular flexibility index (Phi) is 8.07. The Balaban J connectivity index is 1.80. The molecule has 0 bridgehead atoms. The highest BCUT2D eigenvalue weighted by Gasteiger charge is 2.33. The molecule has 1 heterocycles. The zero-order valence-electron chi connectivity index (χ0n) is 14.5. The fourth-order valence-electron chi connectivity index (χ4n) is 3.67. The molecule has 130 valence electrons. The Labute approximate surface area is 141 Å². The van der Waals surface area contributed by atoms with E-state index in [0.29, 0.717) is 5.92 Å². The van der Waals surface area contributed by atoms with Crippen LogP contribution in [0.2, 0.25) is 0 Å². The number of aliphatic hydroxyl groups is 2. The predicted octanol–water partition coefficient (Wildman–Crippen LogP) is 3.39. The van der Waals surface area contributed by atoms with Crippen LogP contribution in [0.4, 0.5) is 0 Å². The summed E-state index contributed by atoms with van der Waals surface area (Å²) in [5.74, 6) is 0.306. The molecule has 3 atom stereocenters. The van der Waals surface area contributed by atoms with E-state index in [1.54, 1.807) is 0 Å². The van der Waals surface area contributed by atoms with Crippen LogP contribution >= 0.6 is 0 Å². The Morgan fingerprint density at radius 1 is 0.957 bits per heavy atom. The summed E-state index contributed by atoms with van der Waals surface area (Å²) in [5.41, 5.74) is 2.69. The lowest BCUT2D eigenvalue weighted by atomic mass is 9.90. The van der Waals surface area contributed by atoms with Gasteiger partial charge < -0.3 is 15.5 Å². The Bertz CT molecular complexity index is 432. The van der Waals surface area contributed by atoms with Gasteiger partial charge in [-0.05, 0) is 30.4 Å². The highest BCUT2D eigenvalue weighted by atomic mass is 16.3. The molecule has 0 aromatic heterocycles. The van der Waals surface area contributed by atoms with Gasteiger partial charge in [0.05, 0.1) is 13.2 Å². The first-order chi connectivity index (χ1) is 11.3. The molecule has 3 heteroatoms. The molecular formula is C20H33NO2. The maximum atomic E-state index is 9.53. The van der Waals surface area contributed by atoms with E-state index in [-0.39, 0.29) is 25.3 Å². The van der Waals surface area contributed by atoms with Gasteiger partial charge in [-0.2, -0.15) is 0 Å². The van der Waals surface area contributed by atoms with Crippen LogP contribution in [-0.2, 0) is 6.42 Å². The van der Waals surface area contributed by atoms with Crippen molar-refractivity contribution in [1.82, 2.24) is 5.32 Å². The van der Waals surface area contributed by atoms with E-state index in [9.17, 15) is 10.2 Å². The summed E-state index contributed by atoms with van der Waals surface area (Å²) in [7, 11) is 0. The molecule has 1 aromatic carbocycles. The molecule has 0 spiro atoms. The quantitative estimate of drug-likeness (QED) is 0.579. The summed E-state index contributed by atoms with van der Waals surface area (Å²) < 4.78 is 0. The molecule has 1 fully saturated rings. The molecular weight excluding hydrogens is 286 g/mol. The first-order valence-electron chi connectivity index (χ1n) is 9.35.